The van der Waals surface area contributed by atoms with E-state index in [1.807, 2.05) is 11.0 Å². The maximum Gasteiger partial charge on any atom is 0.256 e. The number of hydrogen-bond donors (Lipinski definition) is 0. The number of nitrogens with zero attached hydrogens (tertiary/aromatic N) is 5. The molecule has 0 radical (unpaired) electrons. The van der Waals surface area contributed by atoms with Crippen molar-refractivity contribution in [1.82, 2.24) is 19.8 Å². The number of benzene rings is 1. The average Bonchev–Trinajstić information content (AvgIpc) is 3.46. The molecule has 5 rings (SSSR count). The fraction of sp³-hybridized carbons (Fsp3) is 0.476. The molecule has 1 aromatic carbocycles. The van der Waals surface area contributed by atoms with E-state index in [1.54, 1.807) is 12.4 Å². The van der Waals surface area contributed by atoms with E-state index in [9.17, 15) is 4.79 Å². The second-order valence-corrected chi connectivity index (χ2v) is 7.72. The van der Waals surface area contributed by atoms with Crippen LogP contribution in [0, 0.1) is 0 Å². The average molecular weight is 395 g/mol. The fourth-order valence-corrected chi connectivity index (χ4v) is 4.10. The van der Waals surface area contributed by atoms with Gasteiger partial charge in [0.1, 0.15) is 0 Å². The van der Waals surface area contributed by atoms with Gasteiger partial charge in [0.05, 0.1) is 5.56 Å². The van der Waals surface area contributed by atoms with Crippen molar-refractivity contribution >= 4 is 11.9 Å². The fourth-order valence-electron chi connectivity index (χ4n) is 4.10. The highest BCUT2D eigenvalue weighted by molar-refractivity contribution is 5.93. The zero-order valence-corrected chi connectivity index (χ0v) is 16.4. The summed E-state index contributed by atoms with van der Waals surface area (Å²) in [6, 6.07) is 6.14. The van der Waals surface area contributed by atoms with Crippen LogP contribution >= 0.6 is 0 Å². The lowest BCUT2D eigenvalue weighted by molar-refractivity contribution is 0.0792. The molecule has 1 amide bonds. The van der Waals surface area contributed by atoms with Crippen LogP contribution in [-0.2, 0) is 6.54 Å². The molecule has 0 saturated carbocycles. The van der Waals surface area contributed by atoms with Crippen LogP contribution in [-0.4, -0.2) is 71.7 Å². The summed E-state index contributed by atoms with van der Waals surface area (Å²) in [5.74, 6) is 2.40. The number of rotatable bonds is 4. The highest BCUT2D eigenvalue weighted by Crippen LogP contribution is 2.32. The van der Waals surface area contributed by atoms with Gasteiger partial charge in [-0.15, -0.1) is 0 Å². The topological polar surface area (TPSA) is 71.0 Å². The number of hydrogen-bond acceptors (Lipinski definition) is 7. The number of carbonyl (C=O) groups is 1. The molecule has 0 bridgehead atoms. The molecule has 0 aliphatic carbocycles. The third kappa shape index (κ3) is 3.85. The summed E-state index contributed by atoms with van der Waals surface area (Å²) in [4.78, 5) is 27.8. The maximum atomic E-state index is 12.4. The number of carbonyl (C=O) groups excluding carboxylic acids is 1. The zero-order chi connectivity index (χ0) is 19.6. The van der Waals surface area contributed by atoms with E-state index in [0.29, 0.717) is 18.3 Å². The molecule has 8 heteroatoms. The molecule has 0 atom stereocenters. The molecular weight excluding hydrogens is 370 g/mol. The van der Waals surface area contributed by atoms with Gasteiger partial charge in [-0.3, -0.25) is 9.69 Å². The molecular formula is C21H25N5O3. The molecule has 4 heterocycles. The summed E-state index contributed by atoms with van der Waals surface area (Å²) in [5, 5.41) is 0. The van der Waals surface area contributed by atoms with Crippen LogP contribution in [0.25, 0.3) is 0 Å². The van der Waals surface area contributed by atoms with Crippen LogP contribution in [0.2, 0.25) is 0 Å². The van der Waals surface area contributed by atoms with Crippen LogP contribution < -0.4 is 14.4 Å². The lowest BCUT2D eigenvalue weighted by atomic mass is 10.1. The quantitative estimate of drug-likeness (QED) is 0.781. The predicted molar refractivity (Wildman–Crippen MR) is 107 cm³/mol. The number of anilines is 1. The molecule has 0 spiro atoms. The van der Waals surface area contributed by atoms with Crippen molar-refractivity contribution in [3.05, 3.63) is 41.7 Å². The van der Waals surface area contributed by atoms with E-state index < -0.39 is 0 Å². The Bertz CT molecular complexity index is 874. The molecule has 1 aromatic heterocycles. The van der Waals surface area contributed by atoms with Crippen molar-refractivity contribution in [2.24, 2.45) is 0 Å². The van der Waals surface area contributed by atoms with Gasteiger partial charge in [-0.05, 0) is 30.5 Å². The minimum absolute atomic E-state index is 0.0441. The van der Waals surface area contributed by atoms with Crippen molar-refractivity contribution in [2.75, 3.05) is 51.0 Å². The van der Waals surface area contributed by atoms with Crippen molar-refractivity contribution in [3.8, 4) is 11.5 Å². The monoisotopic (exact) mass is 395 g/mol. The molecule has 3 aliphatic rings. The van der Waals surface area contributed by atoms with Crippen LogP contribution in [0.5, 0.6) is 11.5 Å². The molecule has 0 N–H and O–H groups in total. The lowest BCUT2D eigenvalue weighted by Crippen LogP contribution is -2.46. The first-order chi connectivity index (χ1) is 14.3. The largest absolute Gasteiger partial charge is 0.454 e. The second kappa shape index (κ2) is 7.87. The second-order valence-electron chi connectivity index (χ2n) is 7.72. The third-order valence-corrected chi connectivity index (χ3v) is 5.78. The lowest BCUT2D eigenvalue weighted by Gasteiger charge is -2.34. The highest BCUT2D eigenvalue weighted by Gasteiger charge is 2.23. The van der Waals surface area contributed by atoms with Crippen LogP contribution in [0.3, 0.4) is 0 Å². The molecule has 3 aliphatic heterocycles. The van der Waals surface area contributed by atoms with Crippen LogP contribution in [0.1, 0.15) is 28.8 Å². The van der Waals surface area contributed by atoms with Crippen molar-refractivity contribution in [1.29, 1.82) is 0 Å². The van der Waals surface area contributed by atoms with Crippen molar-refractivity contribution < 1.29 is 14.3 Å². The van der Waals surface area contributed by atoms with Gasteiger partial charge in [-0.2, -0.15) is 0 Å². The summed E-state index contributed by atoms with van der Waals surface area (Å²) in [5.41, 5.74) is 1.81. The zero-order valence-electron chi connectivity index (χ0n) is 16.4. The minimum Gasteiger partial charge on any atom is -0.454 e. The summed E-state index contributed by atoms with van der Waals surface area (Å²) in [6.07, 6.45) is 5.51. The highest BCUT2D eigenvalue weighted by atomic mass is 16.7. The van der Waals surface area contributed by atoms with Gasteiger partial charge in [0.15, 0.2) is 11.5 Å². The normalized spacial score (nSPS) is 19.0. The van der Waals surface area contributed by atoms with Crippen LogP contribution in [0.4, 0.5) is 5.95 Å². The number of ether oxygens (including phenoxy) is 2. The van der Waals surface area contributed by atoms with Gasteiger partial charge < -0.3 is 19.3 Å². The van der Waals surface area contributed by atoms with Crippen molar-refractivity contribution in [3.63, 3.8) is 0 Å². The van der Waals surface area contributed by atoms with Crippen molar-refractivity contribution in [2.45, 2.75) is 19.4 Å². The molecule has 29 heavy (non-hydrogen) atoms. The maximum absolute atomic E-state index is 12.4. The standard InChI is InChI=1S/C21H25N5O3/c27-20(25-5-1-2-6-25)17-12-22-21(23-13-17)26-9-7-24(8-10-26)14-16-3-4-18-19(11-16)29-15-28-18/h3-4,11-13H,1-2,5-10,14-15H2. The molecule has 8 nitrogen and oxygen atoms in total. The number of aromatic nitrogens is 2. The van der Waals surface area contributed by atoms with Gasteiger partial charge in [0, 0.05) is 58.2 Å². The minimum atomic E-state index is 0.0441. The summed E-state index contributed by atoms with van der Waals surface area (Å²) >= 11 is 0. The molecule has 2 saturated heterocycles. The number of fused-ring (bicyclic) bond motifs is 1. The molecule has 2 aromatic rings. The molecule has 152 valence electrons. The molecule has 2 fully saturated rings. The van der Waals surface area contributed by atoms with Gasteiger partial charge in [0.25, 0.3) is 5.91 Å². The number of piperazine rings is 1. The van der Waals surface area contributed by atoms with E-state index in [1.165, 1.54) is 5.56 Å². The summed E-state index contributed by atoms with van der Waals surface area (Å²) < 4.78 is 10.8. The third-order valence-electron chi connectivity index (χ3n) is 5.78. The number of amides is 1. The predicted octanol–water partition coefficient (Wildman–Crippen LogP) is 1.76. The Kier molecular flexibility index (Phi) is 4.93. The Hall–Kier alpha value is -2.87. The SMILES string of the molecule is O=C(c1cnc(N2CCN(Cc3ccc4c(c3)OCO4)CC2)nc1)N1CCCC1. The van der Waals surface area contributed by atoms with E-state index in [4.69, 9.17) is 9.47 Å². The Morgan fingerprint density at radius 3 is 2.41 bits per heavy atom. The van der Waals surface area contributed by atoms with E-state index in [0.717, 1.165) is 70.2 Å². The Balaban J connectivity index is 1.16. The summed E-state index contributed by atoms with van der Waals surface area (Å²) in [6.45, 7) is 6.47. The Morgan fingerprint density at radius 2 is 1.66 bits per heavy atom. The molecule has 0 unspecified atom stereocenters. The van der Waals surface area contributed by atoms with Gasteiger partial charge in [-0.25, -0.2) is 9.97 Å². The van der Waals surface area contributed by atoms with E-state index in [2.05, 4.69) is 31.9 Å². The Morgan fingerprint density at radius 1 is 0.931 bits per heavy atom. The Labute approximate surface area is 170 Å². The van der Waals surface area contributed by atoms with Gasteiger partial charge in [-0.1, -0.05) is 6.07 Å². The summed E-state index contributed by atoms with van der Waals surface area (Å²) in [7, 11) is 0. The van der Waals surface area contributed by atoms with Gasteiger partial charge in [0.2, 0.25) is 12.7 Å². The first-order valence-electron chi connectivity index (χ1n) is 10.2. The first kappa shape index (κ1) is 18.2. The van der Waals surface area contributed by atoms with Crippen LogP contribution in [0.15, 0.2) is 30.6 Å². The van der Waals surface area contributed by atoms with E-state index in [-0.39, 0.29) is 5.91 Å². The number of likely N-dealkylation sites (tertiary alicyclic amines) is 1. The first-order valence-corrected chi connectivity index (χ1v) is 10.2. The smallest absolute Gasteiger partial charge is 0.256 e. The van der Waals surface area contributed by atoms with Gasteiger partial charge >= 0.3 is 0 Å². The van der Waals surface area contributed by atoms with E-state index >= 15 is 0 Å².